The maximum atomic E-state index is 8.40. The Bertz CT molecular complexity index is 42.2. The molecule has 2 heteroatoms. The number of hydrogen-bond donors (Lipinski definition) is 2. The Morgan fingerprint density at radius 1 is 1.22 bits per heavy atom. The molecule has 0 saturated carbocycles. The highest BCUT2D eigenvalue weighted by atomic mass is 16.2. The van der Waals surface area contributed by atoms with Gasteiger partial charge in [-0.05, 0) is 32.4 Å². The summed E-state index contributed by atoms with van der Waals surface area (Å²) in [5.74, 6) is 0. The van der Waals surface area contributed by atoms with Gasteiger partial charge >= 0.3 is 0 Å². The van der Waals surface area contributed by atoms with Gasteiger partial charge in [0.1, 0.15) is 0 Å². The summed E-state index contributed by atoms with van der Waals surface area (Å²) < 4.78 is 0. The standard InChI is InChI=1S/C7H17NO/c1-2-5-8-6-3-4-7-9/h8-9H,2-7H2,1H3. The fraction of sp³-hybridized carbons (Fsp3) is 1.00. The molecule has 0 aromatic rings. The molecule has 0 bridgehead atoms. The molecule has 0 aliphatic carbocycles. The summed E-state index contributed by atoms with van der Waals surface area (Å²) in [6.07, 6.45) is 3.21. The first kappa shape index (κ1) is 8.92. The zero-order chi connectivity index (χ0) is 6.95. The van der Waals surface area contributed by atoms with Gasteiger partial charge in [-0.1, -0.05) is 6.92 Å². The zero-order valence-electron chi connectivity index (χ0n) is 6.19. The molecule has 9 heavy (non-hydrogen) atoms. The van der Waals surface area contributed by atoms with Gasteiger partial charge in [0.25, 0.3) is 0 Å². The third-order valence-electron chi connectivity index (χ3n) is 1.19. The van der Waals surface area contributed by atoms with E-state index in [0.29, 0.717) is 6.61 Å². The Balaban J connectivity index is 2.60. The average Bonchev–Trinajstić information content (AvgIpc) is 1.89. The smallest absolute Gasteiger partial charge is 0.0431 e. The minimum Gasteiger partial charge on any atom is -0.396 e. The van der Waals surface area contributed by atoms with Crippen molar-refractivity contribution in [2.45, 2.75) is 26.2 Å². The average molecular weight is 131 g/mol. The molecule has 0 radical (unpaired) electrons. The van der Waals surface area contributed by atoms with Gasteiger partial charge in [-0.25, -0.2) is 0 Å². The lowest BCUT2D eigenvalue weighted by Crippen LogP contribution is -2.15. The summed E-state index contributed by atoms with van der Waals surface area (Å²) in [6, 6.07) is 0. The third kappa shape index (κ3) is 7.92. The number of unbranched alkanes of at least 4 members (excludes halogenated alkanes) is 1. The van der Waals surface area contributed by atoms with Gasteiger partial charge in [0, 0.05) is 6.61 Å². The Morgan fingerprint density at radius 2 is 2.00 bits per heavy atom. The monoisotopic (exact) mass is 131 g/mol. The second kappa shape index (κ2) is 7.92. The van der Waals surface area contributed by atoms with E-state index in [0.717, 1.165) is 25.9 Å². The van der Waals surface area contributed by atoms with E-state index in [2.05, 4.69) is 12.2 Å². The van der Waals surface area contributed by atoms with Crippen molar-refractivity contribution in [1.29, 1.82) is 0 Å². The summed E-state index contributed by atoms with van der Waals surface area (Å²) in [7, 11) is 0. The minimum absolute atomic E-state index is 0.327. The van der Waals surface area contributed by atoms with Crippen LogP contribution in [0.4, 0.5) is 0 Å². The van der Waals surface area contributed by atoms with E-state index in [-0.39, 0.29) is 0 Å². The molecule has 0 rings (SSSR count). The largest absolute Gasteiger partial charge is 0.396 e. The van der Waals surface area contributed by atoms with Gasteiger partial charge in [0.05, 0.1) is 0 Å². The second-order valence-corrected chi connectivity index (χ2v) is 2.18. The quantitative estimate of drug-likeness (QED) is 0.522. The number of aliphatic hydroxyl groups is 1. The van der Waals surface area contributed by atoms with Crippen molar-refractivity contribution in [3.05, 3.63) is 0 Å². The highest BCUT2D eigenvalue weighted by molar-refractivity contribution is 4.45. The molecule has 56 valence electrons. The van der Waals surface area contributed by atoms with Crippen molar-refractivity contribution in [2.75, 3.05) is 19.7 Å². The third-order valence-corrected chi connectivity index (χ3v) is 1.19. The van der Waals surface area contributed by atoms with Crippen LogP contribution in [0.5, 0.6) is 0 Å². The molecular formula is C7H17NO. The van der Waals surface area contributed by atoms with E-state index in [1.165, 1.54) is 6.42 Å². The highest BCUT2D eigenvalue weighted by Crippen LogP contribution is 1.83. The second-order valence-electron chi connectivity index (χ2n) is 2.18. The lowest BCUT2D eigenvalue weighted by atomic mass is 10.3. The number of rotatable bonds is 6. The predicted molar refractivity (Wildman–Crippen MR) is 39.5 cm³/mol. The minimum atomic E-state index is 0.327. The number of aliphatic hydroxyl groups excluding tert-OH is 1. The van der Waals surface area contributed by atoms with Gasteiger partial charge in [-0.2, -0.15) is 0 Å². The first-order valence-corrected chi connectivity index (χ1v) is 3.73. The van der Waals surface area contributed by atoms with E-state index in [9.17, 15) is 0 Å². The Morgan fingerprint density at radius 3 is 2.56 bits per heavy atom. The van der Waals surface area contributed by atoms with Gasteiger partial charge < -0.3 is 10.4 Å². The van der Waals surface area contributed by atoms with Crippen LogP contribution in [0.3, 0.4) is 0 Å². The van der Waals surface area contributed by atoms with E-state index >= 15 is 0 Å². The molecular weight excluding hydrogens is 114 g/mol. The highest BCUT2D eigenvalue weighted by Gasteiger charge is 1.84. The van der Waals surface area contributed by atoms with Crippen LogP contribution in [-0.2, 0) is 0 Å². The Hall–Kier alpha value is -0.0800. The maximum Gasteiger partial charge on any atom is 0.0431 e. The van der Waals surface area contributed by atoms with Gasteiger partial charge in [-0.15, -0.1) is 0 Å². The molecule has 0 aromatic carbocycles. The van der Waals surface area contributed by atoms with Crippen LogP contribution in [0.25, 0.3) is 0 Å². The zero-order valence-corrected chi connectivity index (χ0v) is 6.19. The number of nitrogens with one attached hydrogen (secondary N) is 1. The molecule has 0 aromatic heterocycles. The van der Waals surface area contributed by atoms with Crippen LogP contribution in [0.2, 0.25) is 0 Å². The molecule has 0 unspecified atom stereocenters. The van der Waals surface area contributed by atoms with Crippen molar-refractivity contribution in [1.82, 2.24) is 5.32 Å². The molecule has 0 aliphatic rings. The fourth-order valence-corrected chi connectivity index (χ4v) is 0.664. The van der Waals surface area contributed by atoms with E-state index in [4.69, 9.17) is 5.11 Å². The van der Waals surface area contributed by atoms with E-state index in [1.807, 2.05) is 0 Å². The van der Waals surface area contributed by atoms with Crippen molar-refractivity contribution in [2.24, 2.45) is 0 Å². The lowest BCUT2D eigenvalue weighted by Gasteiger charge is -1.99. The van der Waals surface area contributed by atoms with Crippen LogP contribution < -0.4 is 5.32 Å². The van der Waals surface area contributed by atoms with Crippen LogP contribution in [0.1, 0.15) is 26.2 Å². The van der Waals surface area contributed by atoms with Gasteiger partial charge in [0.15, 0.2) is 0 Å². The van der Waals surface area contributed by atoms with Crippen molar-refractivity contribution in [3.63, 3.8) is 0 Å². The Labute approximate surface area is 57.3 Å². The first-order valence-electron chi connectivity index (χ1n) is 3.73. The molecule has 0 heterocycles. The molecule has 0 aliphatic heterocycles. The van der Waals surface area contributed by atoms with Crippen molar-refractivity contribution >= 4 is 0 Å². The molecule has 2 N–H and O–H groups in total. The predicted octanol–water partition coefficient (Wildman–Crippen LogP) is 0.758. The van der Waals surface area contributed by atoms with Crippen molar-refractivity contribution < 1.29 is 5.11 Å². The summed E-state index contributed by atoms with van der Waals surface area (Å²) in [5, 5.41) is 11.7. The SMILES string of the molecule is CCCNCCCCO. The van der Waals surface area contributed by atoms with E-state index < -0.39 is 0 Å². The van der Waals surface area contributed by atoms with E-state index in [1.54, 1.807) is 0 Å². The van der Waals surface area contributed by atoms with Gasteiger partial charge in [-0.3, -0.25) is 0 Å². The molecule has 2 nitrogen and oxygen atoms in total. The van der Waals surface area contributed by atoms with Crippen molar-refractivity contribution in [3.8, 4) is 0 Å². The molecule has 0 saturated heterocycles. The number of hydrogen-bond acceptors (Lipinski definition) is 2. The molecule has 0 atom stereocenters. The maximum absolute atomic E-state index is 8.40. The normalized spacial score (nSPS) is 10.0. The summed E-state index contributed by atoms with van der Waals surface area (Å²) in [6.45, 7) is 4.63. The lowest BCUT2D eigenvalue weighted by molar-refractivity contribution is 0.284. The van der Waals surface area contributed by atoms with Crippen LogP contribution >= 0.6 is 0 Å². The molecule has 0 amide bonds. The fourth-order valence-electron chi connectivity index (χ4n) is 0.664. The van der Waals surface area contributed by atoms with Crippen LogP contribution in [0.15, 0.2) is 0 Å². The van der Waals surface area contributed by atoms with Crippen LogP contribution in [0, 0.1) is 0 Å². The topological polar surface area (TPSA) is 32.3 Å². The molecule has 0 fully saturated rings. The Kier molecular flexibility index (Phi) is 7.85. The molecule has 0 spiro atoms. The summed E-state index contributed by atoms with van der Waals surface area (Å²) >= 11 is 0. The van der Waals surface area contributed by atoms with Gasteiger partial charge in [0.2, 0.25) is 0 Å². The first-order chi connectivity index (χ1) is 4.41. The van der Waals surface area contributed by atoms with Crippen LogP contribution in [-0.4, -0.2) is 24.8 Å². The summed E-state index contributed by atoms with van der Waals surface area (Å²) in [4.78, 5) is 0. The summed E-state index contributed by atoms with van der Waals surface area (Å²) in [5.41, 5.74) is 0.